The lowest BCUT2D eigenvalue weighted by Gasteiger charge is -2.35. The van der Waals surface area contributed by atoms with E-state index < -0.39 is 10.0 Å². The molecule has 0 radical (unpaired) electrons. The summed E-state index contributed by atoms with van der Waals surface area (Å²) in [7, 11) is -1.53. The van der Waals surface area contributed by atoms with E-state index in [9.17, 15) is 8.42 Å². The van der Waals surface area contributed by atoms with E-state index in [4.69, 9.17) is 16.3 Å². The minimum Gasteiger partial charge on any atom is -0.497 e. The van der Waals surface area contributed by atoms with E-state index in [-0.39, 0.29) is 5.75 Å². The van der Waals surface area contributed by atoms with Crippen molar-refractivity contribution in [3.63, 3.8) is 0 Å². The number of piperazine rings is 1. The van der Waals surface area contributed by atoms with E-state index in [0.29, 0.717) is 38.5 Å². The Kier molecular flexibility index (Phi) is 5.72. The maximum Gasteiger partial charge on any atom is 0.214 e. The average molecular weight is 333 g/mol. The van der Waals surface area contributed by atoms with Gasteiger partial charge < -0.3 is 9.64 Å². The molecule has 1 aliphatic rings. The molecule has 0 bridgehead atoms. The fourth-order valence-electron chi connectivity index (χ4n) is 2.40. The van der Waals surface area contributed by atoms with Gasteiger partial charge in [0.1, 0.15) is 5.75 Å². The number of nitrogens with zero attached hydrogens (tertiary/aromatic N) is 2. The number of alkyl halides is 1. The number of benzene rings is 1. The van der Waals surface area contributed by atoms with Crippen molar-refractivity contribution in [2.75, 3.05) is 49.8 Å². The van der Waals surface area contributed by atoms with Gasteiger partial charge >= 0.3 is 0 Å². The maximum atomic E-state index is 12.1. The molecule has 0 aliphatic carbocycles. The largest absolute Gasteiger partial charge is 0.497 e. The van der Waals surface area contributed by atoms with Crippen molar-refractivity contribution in [2.24, 2.45) is 0 Å². The molecule has 0 saturated carbocycles. The second-order valence-corrected chi connectivity index (χ2v) is 7.41. The molecule has 0 amide bonds. The van der Waals surface area contributed by atoms with Gasteiger partial charge in [-0.3, -0.25) is 0 Å². The molecular formula is C14H21ClN2O3S. The summed E-state index contributed by atoms with van der Waals surface area (Å²) in [5.74, 6) is 1.32. The minimum absolute atomic E-state index is 0.135. The zero-order chi connectivity index (χ0) is 15.3. The Hall–Kier alpha value is -0.980. The maximum absolute atomic E-state index is 12.1. The highest BCUT2D eigenvalue weighted by Gasteiger charge is 2.26. The first kappa shape index (κ1) is 16.4. The monoisotopic (exact) mass is 332 g/mol. The molecule has 1 aliphatic heterocycles. The lowest BCUT2D eigenvalue weighted by Crippen LogP contribution is -2.49. The third-order valence-electron chi connectivity index (χ3n) is 3.59. The molecule has 0 spiro atoms. The molecule has 0 aromatic heterocycles. The van der Waals surface area contributed by atoms with Crippen LogP contribution in [0.4, 0.5) is 5.69 Å². The summed E-state index contributed by atoms with van der Waals surface area (Å²) >= 11 is 5.58. The van der Waals surface area contributed by atoms with E-state index in [1.807, 2.05) is 24.3 Å². The molecule has 1 heterocycles. The first-order valence-electron chi connectivity index (χ1n) is 6.99. The molecule has 1 aromatic rings. The van der Waals surface area contributed by atoms with E-state index in [2.05, 4.69) is 4.90 Å². The van der Waals surface area contributed by atoms with Crippen LogP contribution in [0.5, 0.6) is 5.75 Å². The van der Waals surface area contributed by atoms with Crippen LogP contribution < -0.4 is 9.64 Å². The second kappa shape index (κ2) is 7.33. The van der Waals surface area contributed by atoms with Gasteiger partial charge in [-0.05, 0) is 18.6 Å². The smallest absolute Gasteiger partial charge is 0.214 e. The standard InChI is InChI=1S/C14H21ClN2O3S/c1-20-14-5-2-4-13(12-14)16-7-9-17(10-8-16)21(18,19)11-3-6-15/h2,4-5,12H,3,6-11H2,1H3. The molecule has 0 unspecified atom stereocenters. The van der Waals surface area contributed by atoms with Crippen molar-refractivity contribution in [3.8, 4) is 5.75 Å². The summed E-state index contributed by atoms with van der Waals surface area (Å²) in [6.07, 6.45) is 0.500. The lowest BCUT2D eigenvalue weighted by molar-refractivity contribution is 0.384. The first-order chi connectivity index (χ1) is 10.1. The van der Waals surface area contributed by atoms with E-state index in [1.54, 1.807) is 11.4 Å². The summed E-state index contributed by atoms with van der Waals surface area (Å²) in [4.78, 5) is 2.18. The van der Waals surface area contributed by atoms with Crippen LogP contribution in [0.15, 0.2) is 24.3 Å². The van der Waals surface area contributed by atoms with Crippen LogP contribution in [0.1, 0.15) is 6.42 Å². The number of hydrogen-bond donors (Lipinski definition) is 0. The van der Waals surface area contributed by atoms with Crippen molar-refractivity contribution >= 4 is 27.3 Å². The highest BCUT2D eigenvalue weighted by Crippen LogP contribution is 2.22. The number of methoxy groups -OCH3 is 1. The van der Waals surface area contributed by atoms with Gasteiger partial charge in [0.2, 0.25) is 10.0 Å². The van der Waals surface area contributed by atoms with E-state index >= 15 is 0 Å². The third kappa shape index (κ3) is 4.25. The van der Waals surface area contributed by atoms with Crippen LogP contribution in [-0.2, 0) is 10.0 Å². The fourth-order valence-corrected chi connectivity index (χ4v) is 4.18. The molecule has 0 atom stereocenters. The minimum atomic E-state index is -3.17. The Morgan fingerprint density at radius 2 is 1.95 bits per heavy atom. The molecule has 2 rings (SSSR count). The molecule has 1 saturated heterocycles. The number of ether oxygens (including phenoxy) is 1. The Labute approximate surface area is 131 Å². The van der Waals surface area contributed by atoms with Gasteiger partial charge in [-0.2, -0.15) is 4.31 Å². The van der Waals surface area contributed by atoms with Gasteiger partial charge in [-0.1, -0.05) is 6.07 Å². The van der Waals surface area contributed by atoms with Gasteiger partial charge in [-0.25, -0.2) is 8.42 Å². The van der Waals surface area contributed by atoms with Gasteiger partial charge in [0, 0.05) is 43.8 Å². The van der Waals surface area contributed by atoms with Gasteiger partial charge in [-0.15, -0.1) is 11.6 Å². The van der Waals surface area contributed by atoms with Crippen LogP contribution >= 0.6 is 11.6 Å². The Bertz CT molecular complexity index is 557. The number of rotatable bonds is 6. The molecule has 1 fully saturated rings. The van der Waals surface area contributed by atoms with E-state index in [1.165, 1.54) is 0 Å². The van der Waals surface area contributed by atoms with E-state index in [0.717, 1.165) is 11.4 Å². The summed E-state index contributed by atoms with van der Waals surface area (Å²) < 4.78 is 31.0. The van der Waals surface area contributed by atoms with Crippen molar-refractivity contribution in [2.45, 2.75) is 6.42 Å². The Balaban J connectivity index is 1.96. The first-order valence-corrected chi connectivity index (χ1v) is 9.14. The molecule has 21 heavy (non-hydrogen) atoms. The second-order valence-electron chi connectivity index (χ2n) is 4.95. The number of anilines is 1. The van der Waals surface area contributed by atoms with Gasteiger partial charge in [0.25, 0.3) is 0 Å². The summed E-state index contributed by atoms with van der Waals surface area (Å²) in [6.45, 7) is 2.41. The van der Waals surface area contributed by atoms with Crippen LogP contribution in [0.25, 0.3) is 0 Å². The van der Waals surface area contributed by atoms with Crippen LogP contribution in [-0.4, -0.2) is 57.6 Å². The molecular weight excluding hydrogens is 312 g/mol. The molecule has 7 heteroatoms. The highest BCUT2D eigenvalue weighted by molar-refractivity contribution is 7.89. The van der Waals surface area contributed by atoms with Crippen molar-refractivity contribution < 1.29 is 13.2 Å². The molecule has 118 valence electrons. The molecule has 0 N–H and O–H groups in total. The van der Waals surface area contributed by atoms with Crippen molar-refractivity contribution in [3.05, 3.63) is 24.3 Å². The number of sulfonamides is 1. The summed E-state index contributed by atoms with van der Waals surface area (Å²) in [6, 6.07) is 7.83. The fraction of sp³-hybridized carbons (Fsp3) is 0.571. The number of hydrogen-bond acceptors (Lipinski definition) is 4. The third-order valence-corrected chi connectivity index (χ3v) is 5.81. The quantitative estimate of drug-likeness (QED) is 0.745. The highest BCUT2D eigenvalue weighted by atomic mass is 35.5. The summed E-state index contributed by atoms with van der Waals surface area (Å²) in [5.41, 5.74) is 1.06. The SMILES string of the molecule is COc1cccc(N2CCN(S(=O)(=O)CCCCl)CC2)c1. The van der Waals surface area contributed by atoms with Crippen molar-refractivity contribution in [1.82, 2.24) is 4.31 Å². The zero-order valence-corrected chi connectivity index (χ0v) is 13.7. The lowest BCUT2D eigenvalue weighted by atomic mass is 10.2. The molecule has 1 aromatic carbocycles. The predicted molar refractivity (Wildman–Crippen MR) is 85.9 cm³/mol. The normalized spacial score (nSPS) is 17.0. The zero-order valence-electron chi connectivity index (χ0n) is 12.2. The van der Waals surface area contributed by atoms with Crippen LogP contribution in [0.2, 0.25) is 0 Å². The molecule has 5 nitrogen and oxygen atoms in total. The van der Waals surface area contributed by atoms with Gasteiger partial charge in [0.15, 0.2) is 0 Å². The average Bonchev–Trinajstić information content (AvgIpc) is 2.53. The van der Waals surface area contributed by atoms with Gasteiger partial charge in [0.05, 0.1) is 12.9 Å². The Morgan fingerprint density at radius 1 is 1.24 bits per heavy atom. The summed E-state index contributed by atoms with van der Waals surface area (Å²) in [5, 5.41) is 0. The van der Waals surface area contributed by atoms with Crippen LogP contribution in [0.3, 0.4) is 0 Å². The van der Waals surface area contributed by atoms with Crippen LogP contribution in [0, 0.1) is 0 Å². The number of halogens is 1. The Morgan fingerprint density at radius 3 is 2.57 bits per heavy atom. The predicted octanol–water partition coefficient (Wildman–Crippen LogP) is 1.78. The van der Waals surface area contributed by atoms with Crippen molar-refractivity contribution in [1.29, 1.82) is 0 Å². The topological polar surface area (TPSA) is 49.9 Å².